The Morgan fingerprint density at radius 2 is 1.92 bits per heavy atom. The monoisotopic (exact) mass is 509 g/mol. The van der Waals surface area contributed by atoms with E-state index in [4.69, 9.17) is 0 Å². The lowest BCUT2D eigenvalue weighted by atomic mass is 10.1. The standard InChI is InChI=1S/C13H19N3O3.C11H7FN4.C2H6/c1-4-11(14-5-2)13(19)15-6-7-16(10(3)8-15)12(18)9-17;12-8-5-16-11(9-6-13-3-4-14-9)10-7(8)1-2-15-10;1-2/h4-5,9-10H,6-8H2,1-3H3;1-6,15H;1-2H3/b11-4-,14-5?;;/t10-;;/m1../s1. The van der Waals surface area contributed by atoms with Crippen LogP contribution < -0.4 is 0 Å². The summed E-state index contributed by atoms with van der Waals surface area (Å²) in [7, 11) is 0. The minimum Gasteiger partial charge on any atom is -0.359 e. The van der Waals surface area contributed by atoms with Gasteiger partial charge < -0.3 is 14.8 Å². The van der Waals surface area contributed by atoms with E-state index in [-0.39, 0.29) is 17.8 Å². The zero-order valence-corrected chi connectivity index (χ0v) is 21.7. The van der Waals surface area contributed by atoms with Gasteiger partial charge in [-0.05, 0) is 26.8 Å². The summed E-state index contributed by atoms with van der Waals surface area (Å²) in [6.45, 7) is 10.5. The SMILES string of the molecule is CC.CC=N/C(=C\C)C(=O)N1CCN(C(=O)C=O)[C@H](C)C1.Fc1cnc(-c2cnccn2)c2[nH]ccc12. The Labute approximate surface area is 215 Å². The summed E-state index contributed by atoms with van der Waals surface area (Å²) in [4.78, 5) is 56.3. The normalized spacial score (nSPS) is 15.5. The van der Waals surface area contributed by atoms with E-state index in [0.717, 1.165) is 0 Å². The van der Waals surface area contributed by atoms with Crippen molar-refractivity contribution >= 4 is 35.2 Å². The predicted octanol–water partition coefficient (Wildman–Crippen LogP) is 3.42. The molecule has 0 spiro atoms. The average molecular weight is 510 g/mol. The highest BCUT2D eigenvalue weighted by Gasteiger charge is 2.30. The summed E-state index contributed by atoms with van der Waals surface area (Å²) >= 11 is 0. The number of piperazine rings is 1. The predicted molar refractivity (Wildman–Crippen MR) is 140 cm³/mol. The molecule has 3 aromatic heterocycles. The Hall–Kier alpha value is -4.28. The van der Waals surface area contributed by atoms with Gasteiger partial charge in [-0.25, -0.2) is 9.37 Å². The molecule has 0 bridgehead atoms. The summed E-state index contributed by atoms with van der Waals surface area (Å²) in [6, 6.07) is 1.51. The van der Waals surface area contributed by atoms with Crippen LogP contribution in [0.25, 0.3) is 22.3 Å². The number of aldehydes is 1. The van der Waals surface area contributed by atoms with Gasteiger partial charge in [0.05, 0.1) is 17.9 Å². The van der Waals surface area contributed by atoms with Crippen LogP contribution in [0.4, 0.5) is 4.39 Å². The second-order valence-electron chi connectivity index (χ2n) is 7.62. The van der Waals surface area contributed by atoms with Crippen LogP contribution in [0.2, 0.25) is 0 Å². The number of hydrogen-bond acceptors (Lipinski definition) is 7. The third kappa shape index (κ3) is 7.12. The molecule has 3 aromatic rings. The molecule has 196 valence electrons. The number of allylic oxidation sites excluding steroid dienone is 1. The highest BCUT2D eigenvalue weighted by atomic mass is 19.1. The number of aromatic nitrogens is 4. The maximum absolute atomic E-state index is 13.4. The van der Waals surface area contributed by atoms with Gasteiger partial charge >= 0.3 is 0 Å². The van der Waals surface area contributed by atoms with Gasteiger partial charge in [0.2, 0.25) is 6.29 Å². The van der Waals surface area contributed by atoms with Gasteiger partial charge in [0.1, 0.15) is 17.1 Å². The second-order valence-corrected chi connectivity index (χ2v) is 7.62. The number of nitrogens with zero attached hydrogens (tertiary/aromatic N) is 6. The van der Waals surface area contributed by atoms with Crippen molar-refractivity contribution in [2.75, 3.05) is 19.6 Å². The number of aliphatic imine (C=N–C) groups is 1. The number of pyridine rings is 1. The van der Waals surface area contributed by atoms with Crippen LogP contribution in [0.5, 0.6) is 0 Å². The van der Waals surface area contributed by atoms with Crippen LogP contribution in [0, 0.1) is 5.82 Å². The molecule has 0 radical (unpaired) electrons. The molecule has 0 unspecified atom stereocenters. The fraction of sp³-hybridized carbons (Fsp3) is 0.346. The van der Waals surface area contributed by atoms with Crippen LogP contribution in [-0.2, 0) is 14.4 Å². The van der Waals surface area contributed by atoms with Crippen molar-refractivity contribution in [3.63, 3.8) is 0 Å². The van der Waals surface area contributed by atoms with Gasteiger partial charge in [0.15, 0.2) is 5.82 Å². The molecule has 10 nitrogen and oxygen atoms in total. The number of halogens is 1. The minimum absolute atomic E-state index is 0.148. The van der Waals surface area contributed by atoms with E-state index in [1.54, 1.807) is 61.9 Å². The molecular weight excluding hydrogens is 477 g/mol. The molecule has 0 aromatic carbocycles. The fourth-order valence-electron chi connectivity index (χ4n) is 3.73. The van der Waals surface area contributed by atoms with Gasteiger partial charge in [-0.15, -0.1) is 0 Å². The first-order valence-corrected chi connectivity index (χ1v) is 12.0. The molecule has 1 aliphatic heterocycles. The summed E-state index contributed by atoms with van der Waals surface area (Å²) < 4.78 is 13.4. The van der Waals surface area contributed by atoms with E-state index in [2.05, 4.69) is 24.9 Å². The van der Waals surface area contributed by atoms with Gasteiger partial charge in [-0.2, -0.15) is 0 Å². The van der Waals surface area contributed by atoms with E-state index in [1.165, 1.54) is 11.1 Å². The van der Waals surface area contributed by atoms with Gasteiger partial charge in [-0.1, -0.05) is 19.9 Å². The molecule has 37 heavy (non-hydrogen) atoms. The second kappa shape index (κ2) is 14.3. The Balaban J connectivity index is 0.000000246. The van der Waals surface area contributed by atoms with E-state index in [0.29, 0.717) is 53.9 Å². The van der Waals surface area contributed by atoms with Crippen molar-refractivity contribution < 1.29 is 18.8 Å². The molecular formula is C26H32FN7O3. The first kappa shape index (κ1) is 29.0. The van der Waals surface area contributed by atoms with Crippen molar-refractivity contribution in [1.29, 1.82) is 0 Å². The molecule has 1 fully saturated rings. The van der Waals surface area contributed by atoms with Crippen LogP contribution in [0.15, 0.2) is 53.8 Å². The number of fused-ring (bicyclic) bond motifs is 1. The third-order valence-electron chi connectivity index (χ3n) is 5.41. The molecule has 4 rings (SSSR count). The molecule has 1 atom stereocenters. The number of H-pyrrole nitrogens is 1. The Morgan fingerprint density at radius 1 is 1.16 bits per heavy atom. The minimum atomic E-state index is -0.530. The summed E-state index contributed by atoms with van der Waals surface area (Å²) in [5.74, 6) is -1.02. The van der Waals surface area contributed by atoms with E-state index >= 15 is 0 Å². The zero-order valence-electron chi connectivity index (χ0n) is 21.7. The third-order valence-corrected chi connectivity index (χ3v) is 5.41. The highest BCUT2D eigenvalue weighted by Crippen LogP contribution is 2.24. The average Bonchev–Trinajstić information content (AvgIpc) is 3.44. The zero-order chi connectivity index (χ0) is 27.4. The largest absolute Gasteiger partial charge is 0.359 e. The maximum atomic E-state index is 13.4. The van der Waals surface area contributed by atoms with Crippen molar-refractivity contribution in [3.05, 3.63) is 54.6 Å². The molecule has 1 saturated heterocycles. The molecule has 1 aliphatic rings. The Kier molecular flexibility index (Phi) is 11.2. The number of carbonyl (C=O) groups is 3. The van der Waals surface area contributed by atoms with Crippen molar-refractivity contribution in [2.45, 2.75) is 40.7 Å². The van der Waals surface area contributed by atoms with Crippen LogP contribution >= 0.6 is 0 Å². The quantitative estimate of drug-likeness (QED) is 0.249. The highest BCUT2D eigenvalue weighted by molar-refractivity contribution is 6.23. The topological polar surface area (TPSA) is 125 Å². The van der Waals surface area contributed by atoms with E-state index in [9.17, 15) is 18.8 Å². The fourth-order valence-corrected chi connectivity index (χ4v) is 3.73. The number of nitrogens with one attached hydrogen (secondary N) is 1. The molecule has 4 heterocycles. The smallest absolute Gasteiger partial charge is 0.287 e. The molecule has 0 saturated carbocycles. The van der Waals surface area contributed by atoms with Gasteiger partial charge in [0, 0.05) is 55.9 Å². The summed E-state index contributed by atoms with van der Waals surface area (Å²) in [6.07, 6.45) is 11.2. The van der Waals surface area contributed by atoms with Gasteiger partial charge in [0.25, 0.3) is 11.8 Å². The van der Waals surface area contributed by atoms with E-state index in [1.807, 2.05) is 20.8 Å². The van der Waals surface area contributed by atoms with Crippen molar-refractivity contribution in [2.24, 2.45) is 4.99 Å². The maximum Gasteiger partial charge on any atom is 0.287 e. The number of rotatable bonds is 4. The van der Waals surface area contributed by atoms with E-state index < -0.39 is 5.91 Å². The lowest BCUT2D eigenvalue weighted by molar-refractivity contribution is -0.144. The number of carbonyl (C=O) groups excluding carboxylic acids is 3. The number of amides is 2. The van der Waals surface area contributed by atoms with Crippen LogP contribution in [0.1, 0.15) is 34.6 Å². The summed E-state index contributed by atoms with van der Waals surface area (Å²) in [5, 5.41) is 0.510. The van der Waals surface area contributed by atoms with Gasteiger partial charge in [-0.3, -0.25) is 29.3 Å². The van der Waals surface area contributed by atoms with Crippen molar-refractivity contribution in [3.8, 4) is 11.4 Å². The first-order chi connectivity index (χ1) is 17.9. The first-order valence-electron chi connectivity index (χ1n) is 12.0. The van der Waals surface area contributed by atoms with Crippen LogP contribution in [0.3, 0.4) is 0 Å². The number of hydrogen-bond donors (Lipinski definition) is 1. The lowest BCUT2D eigenvalue weighted by Gasteiger charge is -2.38. The lowest BCUT2D eigenvalue weighted by Crippen LogP contribution is -2.55. The molecule has 11 heteroatoms. The van der Waals surface area contributed by atoms with Crippen molar-refractivity contribution in [1.82, 2.24) is 29.7 Å². The molecule has 2 amide bonds. The Bertz CT molecular complexity index is 1260. The summed E-state index contributed by atoms with van der Waals surface area (Å²) in [5.41, 5.74) is 2.26. The Morgan fingerprint density at radius 3 is 2.51 bits per heavy atom. The molecule has 0 aliphatic carbocycles. The van der Waals surface area contributed by atoms with Crippen LogP contribution in [-0.4, -0.2) is 79.7 Å². The molecule has 1 N–H and O–H groups in total. The number of aromatic amines is 1.